The predicted molar refractivity (Wildman–Crippen MR) is 94.8 cm³/mol. The van der Waals surface area contributed by atoms with Crippen LogP contribution in [0.1, 0.15) is 45.7 Å². The third kappa shape index (κ3) is 3.99. The molecule has 0 bridgehead atoms. The molecule has 4 nitrogen and oxygen atoms in total. The Morgan fingerprint density at radius 1 is 1.32 bits per heavy atom. The molecule has 132 valence electrons. The normalized spacial score (nSPS) is 16.1. The number of carbonyl (C=O) groups excluding carboxylic acids is 2. The first kappa shape index (κ1) is 17.8. The van der Waals surface area contributed by atoms with Gasteiger partial charge in [0.1, 0.15) is 5.82 Å². The van der Waals surface area contributed by atoms with Crippen molar-refractivity contribution in [3.63, 3.8) is 0 Å². The monoisotopic (exact) mass is 362 g/mol. The van der Waals surface area contributed by atoms with Crippen LogP contribution in [0.15, 0.2) is 30.5 Å². The number of benzene rings is 1. The fourth-order valence-corrected chi connectivity index (χ4v) is 3.43. The number of rotatable bonds is 5. The molecule has 0 spiro atoms. The van der Waals surface area contributed by atoms with Crippen molar-refractivity contribution in [3.05, 3.63) is 58.1 Å². The van der Waals surface area contributed by atoms with Crippen LogP contribution in [-0.2, 0) is 0 Å². The number of aromatic amines is 1. The van der Waals surface area contributed by atoms with Crippen molar-refractivity contribution in [2.75, 3.05) is 20.1 Å². The first-order valence-electron chi connectivity index (χ1n) is 8.34. The van der Waals surface area contributed by atoms with Crippen molar-refractivity contribution in [1.82, 2.24) is 9.88 Å². The minimum atomic E-state index is -0.669. The third-order valence-corrected chi connectivity index (χ3v) is 5.06. The molecule has 1 aliphatic rings. The fraction of sp³-hybridized carbons (Fsp3) is 0.368. The van der Waals surface area contributed by atoms with Gasteiger partial charge in [-0.2, -0.15) is 0 Å². The Balaban J connectivity index is 1.71. The van der Waals surface area contributed by atoms with E-state index < -0.39 is 11.6 Å². The first-order valence-corrected chi connectivity index (χ1v) is 8.72. The SMILES string of the molecule is CN1CCC(CC(=O)c2cc(C(=O)c3c(F)cccc3Cl)c[nH]2)CC1. The predicted octanol–water partition coefficient (Wildman–Crippen LogP) is 3.95. The Morgan fingerprint density at radius 3 is 2.72 bits per heavy atom. The molecule has 2 aromatic rings. The minimum Gasteiger partial charge on any atom is -0.358 e. The van der Waals surface area contributed by atoms with Gasteiger partial charge in [0.25, 0.3) is 0 Å². The first-order chi connectivity index (χ1) is 12.0. The number of carbonyl (C=O) groups is 2. The largest absolute Gasteiger partial charge is 0.358 e. The lowest BCUT2D eigenvalue weighted by Gasteiger charge is -2.28. The molecule has 3 rings (SSSR count). The van der Waals surface area contributed by atoms with Gasteiger partial charge in [-0.1, -0.05) is 17.7 Å². The Hall–Kier alpha value is -1.98. The van der Waals surface area contributed by atoms with Crippen LogP contribution in [0.3, 0.4) is 0 Å². The standard InChI is InChI=1S/C19H20ClFN2O2/c1-23-7-5-12(6-8-23)9-17(24)16-10-13(11-22-16)19(25)18-14(20)3-2-4-15(18)21/h2-4,10-12,22H,5-9H2,1H3. The zero-order valence-corrected chi connectivity index (χ0v) is 14.8. The minimum absolute atomic E-state index is 0.0202. The molecule has 1 saturated heterocycles. The van der Waals surface area contributed by atoms with Crippen LogP contribution < -0.4 is 0 Å². The summed E-state index contributed by atoms with van der Waals surface area (Å²) in [5.74, 6) is -0.851. The second kappa shape index (κ2) is 7.50. The number of nitrogens with one attached hydrogen (secondary N) is 1. The second-order valence-electron chi connectivity index (χ2n) is 6.60. The van der Waals surface area contributed by atoms with Crippen molar-refractivity contribution < 1.29 is 14.0 Å². The highest BCUT2D eigenvalue weighted by Crippen LogP contribution is 2.24. The van der Waals surface area contributed by atoms with E-state index in [2.05, 4.69) is 16.9 Å². The zero-order valence-electron chi connectivity index (χ0n) is 14.0. The Bertz CT molecular complexity index is 774. The second-order valence-corrected chi connectivity index (χ2v) is 7.01. The van der Waals surface area contributed by atoms with Crippen molar-refractivity contribution in [2.45, 2.75) is 19.3 Å². The van der Waals surface area contributed by atoms with E-state index in [1.54, 1.807) is 0 Å². The summed E-state index contributed by atoms with van der Waals surface area (Å²) in [7, 11) is 2.08. The average Bonchev–Trinajstić information content (AvgIpc) is 3.07. The van der Waals surface area contributed by atoms with Crippen LogP contribution in [0.4, 0.5) is 4.39 Å². The van der Waals surface area contributed by atoms with E-state index in [4.69, 9.17) is 11.6 Å². The van der Waals surface area contributed by atoms with Crippen LogP contribution in [-0.4, -0.2) is 41.6 Å². The van der Waals surface area contributed by atoms with Gasteiger partial charge < -0.3 is 9.88 Å². The van der Waals surface area contributed by atoms with E-state index in [1.165, 1.54) is 30.5 Å². The maximum absolute atomic E-state index is 13.9. The van der Waals surface area contributed by atoms with E-state index in [1.807, 2.05) is 0 Å². The Morgan fingerprint density at radius 2 is 2.04 bits per heavy atom. The Kier molecular flexibility index (Phi) is 5.35. The van der Waals surface area contributed by atoms with E-state index in [9.17, 15) is 14.0 Å². The summed E-state index contributed by atoms with van der Waals surface area (Å²) in [4.78, 5) is 30.0. The lowest BCUT2D eigenvalue weighted by molar-refractivity contribution is 0.0931. The highest BCUT2D eigenvalue weighted by molar-refractivity contribution is 6.35. The Labute approximate surface area is 151 Å². The molecule has 1 fully saturated rings. The summed E-state index contributed by atoms with van der Waals surface area (Å²) in [6.45, 7) is 2.00. The lowest BCUT2D eigenvalue weighted by atomic mass is 9.91. The van der Waals surface area contributed by atoms with Gasteiger partial charge in [-0.3, -0.25) is 9.59 Å². The van der Waals surface area contributed by atoms with Crippen molar-refractivity contribution in [3.8, 4) is 0 Å². The van der Waals surface area contributed by atoms with Crippen molar-refractivity contribution in [1.29, 1.82) is 0 Å². The number of aromatic nitrogens is 1. The van der Waals surface area contributed by atoms with Gasteiger partial charge in [0, 0.05) is 18.2 Å². The topological polar surface area (TPSA) is 53.2 Å². The van der Waals surface area contributed by atoms with Crippen molar-refractivity contribution >= 4 is 23.2 Å². The number of nitrogens with zero attached hydrogens (tertiary/aromatic N) is 1. The number of H-pyrrole nitrogens is 1. The summed E-state index contributed by atoms with van der Waals surface area (Å²) < 4.78 is 13.9. The van der Waals surface area contributed by atoms with E-state index in [-0.39, 0.29) is 21.9 Å². The van der Waals surface area contributed by atoms with Crippen LogP contribution in [0.25, 0.3) is 0 Å². The third-order valence-electron chi connectivity index (χ3n) is 4.75. The number of halogens is 2. The fourth-order valence-electron chi connectivity index (χ4n) is 3.18. The molecule has 2 heterocycles. The maximum Gasteiger partial charge on any atom is 0.199 e. The van der Waals surface area contributed by atoms with Gasteiger partial charge in [0.05, 0.1) is 16.3 Å². The molecule has 1 N–H and O–H groups in total. The summed E-state index contributed by atoms with van der Waals surface area (Å²) >= 11 is 5.94. The molecule has 0 saturated carbocycles. The molecule has 1 aromatic heterocycles. The quantitative estimate of drug-likeness (QED) is 0.819. The molecule has 1 aliphatic heterocycles. The number of Topliss-reactive ketones (excluding diaryl/α,β-unsaturated/α-hetero) is 1. The molecular weight excluding hydrogens is 343 g/mol. The van der Waals surface area contributed by atoms with Gasteiger partial charge in [0.2, 0.25) is 0 Å². The number of hydrogen-bond acceptors (Lipinski definition) is 3. The molecule has 1 aromatic carbocycles. The number of ketones is 2. The number of hydrogen-bond donors (Lipinski definition) is 1. The van der Waals surface area contributed by atoms with Gasteiger partial charge in [-0.05, 0) is 57.1 Å². The van der Waals surface area contributed by atoms with Crippen LogP contribution >= 0.6 is 11.6 Å². The summed E-state index contributed by atoms with van der Waals surface area (Å²) in [6, 6.07) is 5.60. The summed E-state index contributed by atoms with van der Waals surface area (Å²) in [5.41, 5.74) is 0.450. The molecule has 0 radical (unpaired) electrons. The molecule has 0 atom stereocenters. The van der Waals surface area contributed by atoms with Crippen LogP contribution in [0, 0.1) is 11.7 Å². The van der Waals surface area contributed by atoms with Gasteiger partial charge >= 0.3 is 0 Å². The van der Waals surface area contributed by atoms with E-state index in [0.717, 1.165) is 25.9 Å². The van der Waals surface area contributed by atoms with E-state index >= 15 is 0 Å². The lowest BCUT2D eigenvalue weighted by Crippen LogP contribution is -2.31. The van der Waals surface area contributed by atoms with E-state index in [0.29, 0.717) is 18.0 Å². The molecule has 0 unspecified atom stereocenters. The van der Waals surface area contributed by atoms with Crippen molar-refractivity contribution in [2.24, 2.45) is 5.92 Å². The zero-order chi connectivity index (χ0) is 18.0. The van der Waals surface area contributed by atoms with Crippen LogP contribution in [0.5, 0.6) is 0 Å². The van der Waals surface area contributed by atoms with Gasteiger partial charge in [-0.15, -0.1) is 0 Å². The average molecular weight is 363 g/mol. The molecule has 25 heavy (non-hydrogen) atoms. The molecule has 0 aliphatic carbocycles. The smallest absolute Gasteiger partial charge is 0.199 e. The van der Waals surface area contributed by atoms with Gasteiger partial charge in [0.15, 0.2) is 11.6 Å². The van der Waals surface area contributed by atoms with Crippen LogP contribution in [0.2, 0.25) is 5.02 Å². The maximum atomic E-state index is 13.9. The van der Waals surface area contributed by atoms with Gasteiger partial charge in [-0.25, -0.2) is 4.39 Å². The number of piperidine rings is 1. The molecule has 6 heteroatoms. The highest BCUT2D eigenvalue weighted by Gasteiger charge is 2.23. The summed E-state index contributed by atoms with van der Waals surface area (Å²) in [5, 5.41) is 0.0606. The molecule has 0 amide bonds. The number of likely N-dealkylation sites (tertiary alicyclic amines) is 1. The summed E-state index contributed by atoms with van der Waals surface area (Å²) in [6.07, 6.45) is 3.90. The highest BCUT2D eigenvalue weighted by atomic mass is 35.5. The molecular formula is C19H20ClFN2O2.